The van der Waals surface area contributed by atoms with E-state index in [9.17, 15) is 4.79 Å². The monoisotopic (exact) mass is 241 g/mol. The van der Waals surface area contributed by atoms with Gasteiger partial charge < -0.3 is 4.31 Å². The molecule has 0 spiro atoms. The highest BCUT2D eigenvalue weighted by molar-refractivity contribution is 8.07. The van der Waals surface area contributed by atoms with Gasteiger partial charge in [0.2, 0.25) is 0 Å². The maximum absolute atomic E-state index is 12.2. The van der Waals surface area contributed by atoms with Gasteiger partial charge in [0.05, 0.1) is 5.88 Å². The zero-order chi connectivity index (χ0) is 11.7. The number of rotatable bonds is 3. The van der Waals surface area contributed by atoms with Gasteiger partial charge in [0.1, 0.15) is 0 Å². The van der Waals surface area contributed by atoms with Gasteiger partial charge in [0, 0.05) is 16.8 Å². The Morgan fingerprint density at radius 3 is 2.41 bits per heavy atom. The summed E-state index contributed by atoms with van der Waals surface area (Å²) in [5.74, 6) is 1.10. The Bertz CT molecular complexity index is 549. The lowest BCUT2D eigenvalue weighted by Crippen LogP contribution is -2.01. The van der Waals surface area contributed by atoms with E-state index in [1.807, 2.05) is 54.6 Å². The SMILES string of the molecule is O=C(c1ccccc1)c1cccc(N2CS2)c1. The van der Waals surface area contributed by atoms with Gasteiger partial charge in [-0.2, -0.15) is 0 Å². The molecule has 1 fully saturated rings. The van der Waals surface area contributed by atoms with Crippen molar-refractivity contribution >= 4 is 23.4 Å². The topological polar surface area (TPSA) is 20.1 Å². The molecule has 17 heavy (non-hydrogen) atoms. The molecule has 0 radical (unpaired) electrons. The lowest BCUT2D eigenvalue weighted by Gasteiger charge is -2.04. The summed E-state index contributed by atoms with van der Waals surface area (Å²) in [4.78, 5) is 12.2. The molecular weight excluding hydrogens is 230 g/mol. The fourth-order valence-electron chi connectivity index (χ4n) is 1.74. The Morgan fingerprint density at radius 1 is 1.00 bits per heavy atom. The highest BCUT2D eigenvalue weighted by atomic mass is 32.2. The fourth-order valence-corrected chi connectivity index (χ4v) is 2.21. The summed E-state index contributed by atoms with van der Waals surface area (Å²) in [6, 6.07) is 17.2. The van der Waals surface area contributed by atoms with Gasteiger partial charge in [-0.25, -0.2) is 0 Å². The minimum absolute atomic E-state index is 0.0827. The Hall–Kier alpha value is -1.74. The van der Waals surface area contributed by atoms with Crippen LogP contribution in [0.5, 0.6) is 0 Å². The van der Waals surface area contributed by atoms with Crippen molar-refractivity contribution in [3.05, 3.63) is 65.7 Å². The highest BCUT2D eigenvalue weighted by Crippen LogP contribution is 2.35. The van der Waals surface area contributed by atoms with E-state index < -0.39 is 0 Å². The Labute approximate surface area is 104 Å². The molecular formula is C14H11NOS. The quantitative estimate of drug-likeness (QED) is 0.467. The molecule has 3 rings (SSSR count). The van der Waals surface area contributed by atoms with E-state index >= 15 is 0 Å². The van der Waals surface area contributed by atoms with Crippen molar-refractivity contribution in [2.24, 2.45) is 0 Å². The van der Waals surface area contributed by atoms with Gasteiger partial charge in [0.15, 0.2) is 5.78 Å². The van der Waals surface area contributed by atoms with Crippen LogP contribution in [0.1, 0.15) is 15.9 Å². The summed E-state index contributed by atoms with van der Waals surface area (Å²) in [5.41, 5.74) is 2.60. The normalized spacial score (nSPS) is 13.5. The minimum Gasteiger partial charge on any atom is -0.303 e. The molecule has 0 unspecified atom stereocenters. The van der Waals surface area contributed by atoms with Crippen LogP contribution in [0.4, 0.5) is 5.69 Å². The van der Waals surface area contributed by atoms with E-state index in [1.54, 1.807) is 11.9 Å². The van der Waals surface area contributed by atoms with Crippen LogP contribution in [0.2, 0.25) is 0 Å². The van der Waals surface area contributed by atoms with Crippen LogP contribution in [-0.4, -0.2) is 11.7 Å². The first kappa shape index (κ1) is 10.4. The lowest BCUT2D eigenvalue weighted by atomic mass is 10.0. The number of anilines is 1. The molecule has 0 aromatic heterocycles. The van der Waals surface area contributed by atoms with Gasteiger partial charge >= 0.3 is 0 Å². The zero-order valence-electron chi connectivity index (χ0n) is 9.17. The van der Waals surface area contributed by atoms with E-state index in [1.165, 1.54) is 0 Å². The maximum Gasteiger partial charge on any atom is 0.193 e. The molecule has 1 aliphatic rings. The molecule has 0 N–H and O–H groups in total. The number of nitrogens with zero attached hydrogens (tertiary/aromatic N) is 1. The number of hydrogen-bond donors (Lipinski definition) is 0. The first-order chi connectivity index (χ1) is 8.34. The standard InChI is InChI=1S/C14H11NOS/c16-14(11-5-2-1-3-6-11)12-7-4-8-13(9-12)15-10-17-15/h1-9H,10H2. The van der Waals surface area contributed by atoms with Crippen LogP contribution in [0.3, 0.4) is 0 Å². The van der Waals surface area contributed by atoms with Gasteiger partial charge in [0.25, 0.3) is 0 Å². The molecule has 3 heteroatoms. The van der Waals surface area contributed by atoms with Crippen LogP contribution >= 0.6 is 11.9 Å². The maximum atomic E-state index is 12.2. The average Bonchev–Trinajstić information content (AvgIpc) is 3.23. The number of carbonyl (C=O) groups excluding carboxylic acids is 1. The molecule has 0 bridgehead atoms. The first-order valence-electron chi connectivity index (χ1n) is 5.45. The van der Waals surface area contributed by atoms with E-state index in [-0.39, 0.29) is 5.78 Å². The third-order valence-corrected chi connectivity index (χ3v) is 3.42. The Kier molecular flexibility index (Phi) is 2.61. The van der Waals surface area contributed by atoms with E-state index in [0.717, 1.165) is 22.7 Å². The molecule has 1 heterocycles. The van der Waals surface area contributed by atoms with Crippen LogP contribution < -0.4 is 4.31 Å². The van der Waals surface area contributed by atoms with Crippen molar-refractivity contribution in [1.29, 1.82) is 0 Å². The molecule has 1 saturated heterocycles. The second-order valence-corrected chi connectivity index (χ2v) is 4.84. The molecule has 0 amide bonds. The van der Waals surface area contributed by atoms with Crippen molar-refractivity contribution in [3.63, 3.8) is 0 Å². The molecule has 84 valence electrons. The smallest absolute Gasteiger partial charge is 0.193 e. The largest absolute Gasteiger partial charge is 0.303 e. The predicted octanol–water partition coefficient (Wildman–Crippen LogP) is 3.34. The highest BCUT2D eigenvalue weighted by Gasteiger charge is 2.20. The predicted molar refractivity (Wildman–Crippen MR) is 71.3 cm³/mol. The summed E-state index contributed by atoms with van der Waals surface area (Å²) in [6.07, 6.45) is 0. The molecule has 1 aliphatic heterocycles. The van der Waals surface area contributed by atoms with E-state index in [4.69, 9.17) is 0 Å². The second-order valence-electron chi connectivity index (χ2n) is 3.88. The zero-order valence-corrected chi connectivity index (χ0v) is 9.98. The number of benzene rings is 2. The average molecular weight is 241 g/mol. The van der Waals surface area contributed by atoms with Crippen LogP contribution in [0.15, 0.2) is 54.6 Å². The summed E-state index contributed by atoms with van der Waals surface area (Å²) in [7, 11) is 0. The van der Waals surface area contributed by atoms with Gasteiger partial charge in [-0.3, -0.25) is 4.79 Å². The molecule has 2 aromatic rings. The van der Waals surface area contributed by atoms with E-state index in [0.29, 0.717) is 0 Å². The number of ketones is 1. The Balaban J connectivity index is 1.93. The molecule has 0 saturated carbocycles. The van der Waals surface area contributed by atoms with Gasteiger partial charge in [-0.05, 0) is 24.1 Å². The minimum atomic E-state index is 0.0827. The van der Waals surface area contributed by atoms with Crippen LogP contribution in [0, 0.1) is 0 Å². The second kappa shape index (κ2) is 4.26. The van der Waals surface area contributed by atoms with Crippen molar-refractivity contribution in [2.45, 2.75) is 0 Å². The van der Waals surface area contributed by atoms with Crippen molar-refractivity contribution in [2.75, 3.05) is 10.2 Å². The van der Waals surface area contributed by atoms with Crippen molar-refractivity contribution in [3.8, 4) is 0 Å². The van der Waals surface area contributed by atoms with Crippen molar-refractivity contribution in [1.82, 2.24) is 0 Å². The molecule has 0 atom stereocenters. The Morgan fingerprint density at radius 2 is 1.71 bits per heavy atom. The summed E-state index contributed by atoms with van der Waals surface area (Å²) in [6.45, 7) is 0. The number of hydrogen-bond acceptors (Lipinski definition) is 3. The molecule has 0 aliphatic carbocycles. The van der Waals surface area contributed by atoms with Crippen molar-refractivity contribution < 1.29 is 4.79 Å². The molecule has 2 aromatic carbocycles. The molecule has 2 nitrogen and oxygen atoms in total. The summed E-state index contributed by atoms with van der Waals surface area (Å²) >= 11 is 1.76. The van der Waals surface area contributed by atoms with Gasteiger partial charge in [-0.15, -0.1) is 0 Å². The summed E-state index contributed by atoms with van der Waals surface area (Å²) < 4.78 is 2.15. The van der Waals surface area contributed by atoms with Gasteiger partial charge in [-0.1, -0.05) is 42.5 Å². The van der Waals surface area contributed by atoms with Crippen LogP contribution in [0.25, 0.3) is 0 Å². The van der Waals surface area contributed by atoms with E-state index in [2.05, 4.69) is 4.31 Å². The third-order valence-electron chi connectivity index (χ3n) is 2.69. The van der Waals surface area contributed by atoms with Crippen LogP contribution in [-0.2, 0) is 0 Å². The fraction of sp³-hybridized carbons (Fsp3) is 0.0714. The third kappa shape index (κ3) is 2.19. The lowest BCUT2D eigenvalue weighted by molar-refractivity contribution is 0.103. The summed E-state index contributed by atoms with van der Waals surface area (Å²) in [5, 5.41) is 0. The number of carbonyl (C=O) groups is 1. The first-order valence-corrected chi connectivity index (χ1v) is 6.39.